The predicted molar refractivity (Wildman–Crippen MR) is 103 cm³/mol. The summed E-state index contributed by atoms with van der Waals surface area (Å²) in [4.78, 5) is 18.4. The second-order valence-electron chi connectivity index (χ2n) is 6.53. The number of hydrogen-bond acceptors (Lipinski definition) is 5. The number of rotatable bonds is 6. The van der Waals surface area contributed by atoms with Gasteiger partial charge in [0.1, 0.15) is 0 Å². The Hall–Kier alpha value is -2.42. The first-order chi connectivity index (χ1) is 13.8. The maximum Gasteiger partial charge on any atom is 0.417 e. The van der Waals surface area contributed by atoms with Gasteiger partial charge in [0.2, 0.25) is 5.91 Å². The van der Waals surface area contributed by atoms with E-state index in [1.165, 1.54) is 6.07 Å². The molecule has 0 radical (unpaired) electrons. The van der Waals surface area contributed by atoms with Crippen molar-refractivity contribution in [2.75, 3.05) is 26.5 Å². The van der Waals surface area contributed by atoms with Gasteiger partial charge in [0.25, 0.3) is 0 Å². The fourth-order valence-corrected chi connectivity index (χ4v) is 4.05. The van der Waals surface area contributed by atoms with Crippen molar-refractivity contribution in [3.63, 3.8) is 0 Å². The Balaban J connectivity index is 1.66. The molecule has 1 aromatic carbocycles. The molecule has 9 heteroatoms. The first-order valence-corrected chi connectivity index (χ1v) is 9.99. The quantitative estimate of drug-likeness (QED) is 0.634. The number of benzene rings is 1. The molecular weight excluding hydrogens is 405 g/mol. The van der Waals surface area contributed by atoms with Gasteiger partial charge in [-0.2, -0.15) is 13.2 Å². The average molecular weight is 426 g/mol. The molecule has 0 bridgehead atoms. The van der Waals surface area contributed by atoms with Gasteiger partial charge in [0.15, 0.2) is 11.5 Å². The van der Waals surface area contributed by atoms with Gasteiger partial charge in [-0.3, -0.25) is 4.79 Å². The van der Waals surface area contributed by atoms with Crippen LogP contribution in [-0.4, -0.2) is 42.3 Å². The maximum atomic E-state index is 12.7. The molecule has 1 aromatic heterocycles. The van der Waals surface area contributed by atoms with Gasteiger partial charge in [-0.25, -0.2) is 4.98 Å². The van der Waals surface area contributed by atoms with Crippen molar-refractivity contribution >= 4 is 17.7 Å². The number of hydrogen-bond donors (Lipinski definition) is 0. The fraction of sp³-hybridized carbons (Fsp3) is 0.400. The van der Waals surface area contributed by atoms with Crippen LogP contribution < -0.4 is 9.47 Å². The van der Waals surface area contributed by atoms with Crippen LogP contribution in [0.2, 0.25) is 0 Å². The number of thioether (sulfide) groups is 1. The number of halogens is 3. The Labute approximate surface area is 171 Å². The van der Waals surface area contributed by atoms with Crippen molar-refractivity contribution in [2.24, 2.45) is 0 Å². The maximum absolute atomic E-state index is 12.7. The van der Waals surface area contributed by atoms with E-state index in [9.17, 15) is 18.0 Å². The van der Waals surface area contributed by atoms with Crippen LogP contribution in [0.25, 0.3) is 0 Å². The summed E-state index contributed by atoms with van der Waals surface area (Å²) in [7, 11) is 3.13. The molecule has 0 saturated carbocycles. The fourth-order valence-electron chi connectivity index (χ4n) is 3.32. The van der Waals surface area contributed by atoms with Crippen molar-refractivity contribution in [1.82, 2.24) is 9.88 Å². The highest BCUT2D eigenvalue weighted by atomic mass is 32.2. The van der Waals surface area contributed by atoms with Gasteiger partial charge in [0.05, 0.1) is 36.6 Å². The summed E-state index contributed by atoms with van der Waals surface area (Å²) in [6, 6.07) is 7.81. The van der Waals surface area contributed by atoms with E-state index in [0.29, 0.717) is 23.1 Å². The molecule has 0 spiro atoms. The van der Waals surface area contributed by atoms with Crippen molar-refractivity contribution in [2.45, 2.75) is 30.1 Å². The number of ether oxygens (including phenoxy) is 2. The normalized spacial score (nSPS) is 16.7. The van der Waals surface area contributed by atoms with E-state index in [4.69, 9.17) is 9.47 Å². The second-order valence-corrected chi connectivity index (χ2v) is 7.53. The third kappa shape index (κ3) is 4.95. The molecule has 1 amide bonds. The molecule has 3 rings (SSSR count). The minimum atomic E-state index is -4.42. The standard InChI is InChI=1S/C20H21F3N2O3S/c1-27-16-7-5-13(10-17(16)28-2)15-4-3-9-25(15)19(26)12-29-18-8-6-14(11-24-18)20(21,22)23/h5-8,10-11,15H,3-4,9,12H2,1-2H3. The van der Waals surface area contributed by atoms with Gasteiger partial charge >= 0.3 is 6.18 Å². The third-order valence-electron chi connectivity index (χ3n) is 4.77. The van der Waals surface area contributed by atoms with Crippen LogP contribution in [0.4, 0.5) is 13.2 Å². The minimum absolute atomic E-state index is 0.0662. The Morgan fingerprint density at radius 1 is 1.21 bits per heavy atom. The van der Waals surface area contributed by atoms with Crippen LogP contribution in [0.1, 0.15) is 30.0 Å². The number of pyridine rings is 1. The molecule has 2 aromatic rings. The number of nitrogens with zero attached hydrogens (tertiary/aromatic N) is 2. The average Bonchev–Trinajstić information content (AvgIpc) is 3.21. The van der Waals surface area contributed by atoms with Crippen molar-refractivity contribution in [3.05, 3.63) is 47.7 Å². The molecule has 1 saturated heterocycles. The third-order valence-corrected chi connectivity index (χ3v) is 5.70. The Morgan fingerprint density at radius 2 is 1.97 bits per heavy atom. The lowest BCUT2D eigenvalue weighted by atomic mass is 10.0. The monoisotopic (exact) mass is 426 g/mol. The molecule has 1 unspecified atom stereocenters. The van der Waals surface area contributed by atoms with E-state index < -0.39 is 11.7 Å². The second kappa shape index (κ2) is 8.94. The molecule has 1 aliphatic rings. The summed E-state index contributed by atoms with van der Waals surface area (Å²) in [6.45, 7) is 0.638. The molecule has 1 aliphatic heterocycles. The molecule has 29 heavy (non-hydrogen) atoms. The van der Waals surface area contributed by atoms with Crippen LogP contribution >= 0.6 is 11.8 Å². The predicted octanol–water partition coefficient (Wildman–Crippen LogP) is 4.57. The summed E-state index contributed by atoms with van der Waals surface area (Å²) < 4.78 is 48.5. The van der Waals surface area contributed by atoms with Crippen LogP contribution in [0, 0.1) is 0 Å². The first kappa shape index (κ1) is 21.3. The Kier molecular flexibility index (Phi) is 6.56. The number of alkyl halides is 3. The number of aromatic nitrogens is 1. The molecule has 1 atom stereocenters. The van der Waals surface area contributed by atoms with E-state index in [1.54, 1.807) is 19.1 Å². The van der Waals surface area contributed by atoms with Crippen molar-refractivity contribution in [3.8, 4) is 11.5 Å². The van der Waals surface area contributed by atoms with Crippen LogP contribution in [0.15, 0.2) is 41.6 Å². The Bertz CT molecular complexity index is 859. The van der Waals surface area contributed by atoms with Crippen LogP contribution in [0.3, 0.4) is 0 Å². The molecule has 0 aliphatic carbocycles. The topological polar surface area (TPSA) is 51.7 Å². The lowest BCUT2D eigenvalue weighted by Gasteiger charge is -2.25. The van der Waals surface area contributed by atoms with E-state index >= 15 is 0 Å². The van der Waals surface area contributed by atoms with Gasteiger partial charge < -0.3 is 14.4 Å². The summed E-state index contributed by atoms with van der Waals surface area (Å²) in [5.74, 6) is 1.26. The highest BCUT2D eigenvalue weighted by Crippen LogP contribution is 2.37. The molecule has 5 nitrogen and oxygen atoms in total. The summed E-state index contributed by atoms with van der Waals surface area (Å²) >= 11 is 1.13. The first-order valence-electron chi connectivity index (χ1n) is 9.01. The van der Waals surface area contributed by atoms with Crippen LogP contribution in [0.5, 0.6) is 11.5 Å². The van der Waals surface area contributed by atoms with E-state index in [-0.39, 0.29) is 17.7 Å². The molecule has 2 heterocycles. The zero-order valence-electron chi connectivity index (χ0n) is 16.0. The lowest BCUT2D eigenvalue weighted by molar-refractivity contribution is -0.138. The molecule has 156 valence electrons. The largest absolute Gasteiger partial charge is 0.493 e. The Morgan fingerprint density at radius 3 is 2.59 bits per heavy atom. The summed E-state index contributed by atoms with van der Waals surface area (Å²) in [5, 5.41) is 0.383. The molecule has 0 N–H and O–H groups in total. The minimum Gasteiger partial charge on any atom is -0.493 e. The smallest absolute Gasteiger partial charge is 0.417 e. The summed E-state index contributed by atoms with van der Waals surface area (Å²) in [6.07, 6.45) is -1.92. The molecular formula is C20H21F3N2O3S. The van der Waals surface area contributed by atoms with Gasteiger partial charge in [0, 0.05) is 12.7 Å². The zero-order chi connectivity index (χ0) is 21.0. The van der Waals surface area contributed by atoms with Gasteiger partial charge in [-0.15, -0.1) is 0 Å². The van der Waals surface area contributed by atoms with E-state index in [1.807, 2.05) is 18.2 Å². The van der Waals surface area contributed by atoms with E-state index in [2.05, 4.69) is 4.98 Å². The van der Waals surface area contributed by atoms with Crippen LogP contribution in [-0.2, 0) is 11.0 Å². The summed E-state index contributed by atoms with van der Waals surface area (Å²) in [5.41, 5.74) is 0.160. The van der Waals surface area contributed by atoms with Gasteiger partial charge in [-0.1, -0.05) is 17.8 Å². The lowest BCUT2D eigenvalue weighted by Crippen LogP contribution is -2.32. The number of likely N-dealkylation sites (tertiary alicyclic amines) is 1. The number of carbonyl (C=O) groups excluding carboxylic acids is 1. The van der Waals surface area contributed by atoms with Crippen molar-refractivity contribution in [1.29, 1.82) is 0 Å². The number of methoxy groups -OCH3 is 2. The highest BCUT2D eigenvalue weighted by molar-refractivity contribution is 7.99. The SMILES string of the molecule is COc1ccc(C2CCCN2C(=O)CSc2ccc(C(F)(F)F)cn2)cc1OC. The zero-order valence-corrected chi connectivity index (χ0v) is 16.8. The molecule has 1 fully saturated rings. The van der Waals surface area contributed by atoms with Crippen molar-refractivity contribution < 1.29 is 27.4 Å². The number of carbonyl (C=O) groups is 1. The number of amides is 1. The highest BCUT2D eigenvalue weighted by Gasteiger charge is 2.32. The van der Waals surface area contributed by atoms with Gasteiger partial charge in [-0.05, 0) is 42.7 Å². The van der Waals surface area contributed by atoms with E-state index in [0.717, 1.165) is 42.4 Å².